The molecule has 2 rings (SSSR count). The third-order valence-electron chi connectivity index (χ3n) is 4.63. The summed E-state index contributed by atoms with van der Waals surface area (Å²) in [6.07, 6.45) is 1.85. The molecule has 0 saturated carbocycles. The van der Waals surface area contributed by atoms with Gasteiger partial charge in [-0.1, -0.05) is 13.8 Å². The summed E-state index contributed by atoms with van der Waals surface area (Å²) in [6.45, 7) is 12.6. The molecule has 0 aromatic heterocycles. The largest absolute Gasteiger partial charge is 0.389 e. The summed E-state index contributed by atoms with van der Waals surface area (Å²) in [5.74, 6) is 0.235. The van der Waals surface area contributed by atoms with E-state index in [4.69, 9.17) is 9.47 Å². The number of carbonyl (C=O) groups excluding carboxylic acids is 1. The lowest BCUT2D eigenvalue weighted by molar-refractivity contribution is -0.151. The summed E-state index contributed by atoms with van der Waals surface area (Å²) in [5.41, 5.74) is -0.697. The van der Waals surface area contributed by atoms with E-state index in [0.717, 1.165) is 32.5 Å². The maximum atomic E-state index is 12.8. The zero-order chi connectivity index (χ0) is 17.7. The van der Waals surface area contributed by atoms with Crippen LogP contribution in [-0.2, 0) is 14.3 Å². The Morgan fingerprint density at radius 2 is 1.96 bits per heavy atom. The molecule has 0 aliphatic carbocycles. The van der Waals surface area contributed by atoms with Crippen LogP contribution in [-0.4, -0.2) is 84.6 Å². The Morgan fingerprint density at radius 1 is 1.29 bits per heavy atom. The predicted octanol–water partition coefficient (Wildman–Crippen LogP) is 1.12. The van der Waals surface area contributed by atoms with Crippen molar-refractivity contribution in [3.63, 3.8) is 0 Å². The minimum atomic E-state index is -0.697. The van der Waals surface area contributed by atoms with Crippen LogP contribution in [0.25, 0.3) is 0 Å². The van der Waals surface area contributed by atoms with Crippen LogP contribution in [0.4, 0.5) is 0 Å². The summed E-state index contributed by atoms with van der Waals surface area (Å²) in [5, 5.41) is 9.93. The highest BCUT2D eigenvalue weighted by Gasteiger charge is 2.32. The van der Waals surface area contributed by atoms with Crippen molar-refractivity contribution in [1.29, 1.82) is 0 Å². The van der Waals surface area contributed by atoms with Crippen molar-refractivity contribution in [2.45, 2.75) is 58.3 Å². The van der Waals surface area contributed by atoms with E-state index >= 15 is 0 Å². The van der Waals surface area contributed by atoms with Crippen molar-refractivity contribution in [3.05, 3.63) is 0 Å². The number of rotatable bonds is 7. The van der Waals surface area contributed by atoms with Gasteiger partial charge in [-0.2, -0.15) is 0 Å². The Kier molecular flexibility index (Phi) is 7.04. The molecule has 6 heteroatoms. The monoisotopic (exact) mass is 342 g/mol. The molecule has 0 aromatic carbocycles. The van der Waals surface area contributed by atoms with Crippen LogP contribution in [0.5, 0.6) is 0 Å². The van der Waals surface area contributed by atoms with Gasteiger partial charge in [0.05, 0.1) is 18.3 Å². The molecule has 0 spiro atoms. The third kappa shape index (κ3) is 5.99. The van der Waals surface area contributed by atoms with Crippen LogP contribution in [0.2, 0.25) is 0 Å². The Labute approximate surface area is 146 Å². The lowest BCUT2D eigenvalue weighted by Crippen LogP contribution is -2.55. The van der Waals surface area contributed by atoms with Gasteiger partial charge < -0.3 is 19.5 Å². The molecule has 0 bridgehead atoms. The number of carbonyl (C=O) groups is 1. The van der Waals surface area contributed by atoms with Crippen LogP contribution in [0.1, 0.15) is 40.5 Å². The highest BCUT2D eigenvalue weighted by Crippen LogP contribution is 2.17. The van der Waals surface area contributed by atoms with Crippen LogP contribution >= 0.6 is 0 Å². The second kappa shape index (κ2) is 8.61. The van der Waals surface area contributed by atoms with Gasteiger partial charge in [-0.05, 0) is 32.6 Å². The highest BCUT2D eigenvalue weighted by atomic mass is 16.5. The fourth-order valence-electron chi connectivity index (χ4n) is 3.39. The maximum Gasteiger partial charge on any atom is 0.252 e. The Balaban J connectivity index is 1.81. The maximum absolute atomic E-state index is 12.8. The van der Waals surface area contributed by atoms with Gasteiger partial charge in [-0.25, -0.2) is 0 Å². The highest BCUT2D eigenvalue weighted by molar-refractivity contribution is 5.81. The first-order chi connectivity index (χ1) is 11.3. The molecule has 24 heavy (non-hydrogen) atoms. The van der Waals surface area contributed by atoms with E-state index < -0.39 is 11.7 Å². The number of nitrogens with zero attached hydrogens (tertiary/aromatic N) is 2. The molecule has 6 nitrogen and oxygen atoms in total. The van der Waals surface area contributed by atoms with Crippen LogP contribution in [0, 0.1) is 5.92 Å². The van der Waals surface area contributed by atoms with E-state index in [1.54, 1.807) is 0 Å². The van der Waals surface area contributed by atoms with E-state index in [1.807, 2.05) is 32.6 Å². The molecule has 2 heterocycles. The smallest absolute Gasteiger partial charge is 0.252 e. The molecule has 0 unspecified atom stereocenters. The van der Waals surface area contributed by atoms with E-state index in [2.05, 4.69) is 4.90 Å². The molecular weight excluding hydrogens is 308 g/mol. The van der Waals surface area contributed by atoms with Gasteiger partial charge in [-0.15, -0.1) is 0 Å². The Hall–Kier alpha value is -0.690. The second-order valence-corrected chi connectivity index (χ2v) is 8.05. The zero-order valence-corrected chi connectivity index (χ0v) is 15.7. The van der Waals surface area contributed by atoms with Crippen LogP contribution in [0.15, 0.2) is 0 Å². The Morgan fingerprint density at radius 3 is 2.46 bits per heavy atom. The van der Waals surface area contributed by atoms with Crippen LogP contribution < -0.4 is 0 Å². The molecule has 2 fully saturated rings. The first-order valence-electron chi connectivity index (χ1n) is 9.23. The van der Waals surface area contributed by atoms with Gasteiger partial charge in [0.2, 0.25) is 0 Å². The van der Waals surface area contributed by atoms with Gasteiger partial charge in [0, 0.05) is 39.3 Å². The lowest BCUT2D eigenvalue weighted by Gasteiger charge is -2.39. The summed E-state index contributed by atoms with van der Waals surface area (Å²) in [6, 6.07) is 0. The minimum Gasteiger partial charge on any atom is -0.389 e. The number of aliphatic hydroxyl groups is 1. The summed E-state index contributed by atoms with van der Waals surface area (Å²) in [4.78, 5) is 16.9. The molecule has 2 aliphatic heterocycles. The fraction of sp³-hybridized carbons (Fsp3) is 0.944. The number of piperazine rings is 1. The molecule has 0 aromatic rings. The normalized spacial score (nSPS) is 24.6. The van der Waals surface area contributed by atoms with Gasteiger partial charge in [0.25, 0.3) is 5.91 Å². The molecule has 0 radical (unpaired) electrons. The van der Waals surface area contributed by atoms with E-state index in [9.17, 15) is 9.90 Å². The summed E-state index contributed by atoms with van der Waals surface area (Å²) in [7, 11) is 0. The van der Waals surface area contributed by atoms with Gasteiger partial charge >= 0.3 is 0 Å². The fourth-order valence-corrected chi connectivity index (χ4v) is 3.39. The lowest BCUT2D eigenvalue weighted by atomic mass is 10.0. The van der Waals surface area contributed by atoms with Crippen molar-refractivity contribution in [3.8, 4) is 0 Å². The number of amides is 1. The molecular formula is C18H34N2O4. The number of ether oxygens (including phenoxy) is 2. The first-order valence-corrected chi connectivity index (χ1v) is 9.23. The molecule has 2 saturated heterocycles. The third-order valence-corrected chi connectivity index (χ3v) is 4.63. The second-order valence-electron chi connectivity index (χ2n) is 8.05. The van der Waals surface area contributed by atoms with Crippen molar-refractivity contribution in [1.82, 2.24) is 9.80 Å². The van der Waals surface area contributed by atoms with E-state index in [0.29, 0.717) is 26.2 Å². The van der Waals surface area contributed by atoms with Crippen molar-refractivity contribution in [2.24, 2.45) is 5.92 Å². The molecule has 2 aliphatic rings. The number of hydrogen-bond donors (Lipinski definition) is 1. The van der Waals surface area contributed by atoms with Crippen molar-refractivity contribution >= 4 is 5.91 Å². The topological polar surface area (TPSA) is 62.2 Å². The van der Waals surface area contributed by atoms with Gasteiger partial charge in [0.1, 0.15) is 6.10 Å². The molecule has 2 atom stereocenters. The Bertz CT molecular complexity index is 394. The van der Waals surface area contributed by atoms with Crippen molar-refractivity contribution in [2.75, 3.05) is 45.9 Å². The molecule has 1 N–H and O–H groups in total. The predicted molar refractivity (Wildman–Crippen MR) is 92.9 cm³/mol. The summed E-state index contributed by atoms with van der Waals surface area (Å²) < 4.78 is 11.5. The van der Waals surface area contributed by atoms with Gasteiger partial charge in [0.15, 0.2) is 0 Å². The van der Waals surface area contributed by atoms with Crippen LogP contribution in [0.3, 0.4) is 0 Å². The van der Waals surface area contributed by atoms with E-state index in [-0.39, 0.29) is 17.9 Å². The van der Waals surface area contributed by atoms with Crippen molar-refractivity contribution < 1.29 is 19.4 Å². The van der Waals surface area contributed by atoms with Gasteiger partial charge in [-0.3, -0.25) is 9.69 Å². The molecule has 1 amide bonds. The van der Waals surface area contributed by atoms with E-state index in [1.165, 1.54) is 0 Å². The zero-order valence-electron chi connectivity index (χ0n) is 15.7. The molecule has 140 valence electrons. The average Bonchev–Trinajstić information content (AvgIpc) is 2.99. The SMILES string of the molecule is CC(C)[C@H](OC[C@H]1CCCO1)C(=O)N1CCN(CC(C)(C)O)CC1. The minimum absolute atomic E-state index is 0.0888. The standard InChI is InChI=1S/C18H34N2O4/c1-14(2)16(24-12-15-6-5-11-23-15)17(21)20-9-7-19(8-10-20)13-18(3,4)22/h14-16,22H,5-13H2,1-4H3/t15-,16+/m1/s1. The average molecular weight is 342 g/mol. The summed E-state index contributed by atoms with van der Waals surface area (Å²) >= 11 is 0. The first kappa shape index (κ1) is 19.6. The number of hydrogen-bond acceptors (Lipinski definition) is 5. The number of β-amino-alcohol motifs (C(OH)–C–C–N with tert-alkyl or cyclic N) is 1. The quantitative estimate of drug-likeness (QED) is 0.751.